The molecule has 0 fully saturated rings. The minimum Gasteiger partial charge on any atom is -0.378 e. The summed E-state index contributed by atoms with van der Waals surface area (Å²) in [5.41, 5.74) is 7.71. The first kappa shape index (κ1) is 32.3. The number of imidazole rings is 1. The van der Waals surface area contributed by atoms with Gasteiger partial charge in [-0.2, -0.15) is 18.3 Å². The fourth-order valence-corrected chi connectivity index (χ4v) is 4.25. The van der Waals surface area contributed by atoms with Crippen LogP contribution in [0.15, 0.2) is 60.1 Å². The number of nitrogens with zero attached hydrogens (tertiary/aromatic N) is 4. The Labute approximate surface area is 251 Å². The van der Waals surface area contributed by atoms with Crippen molar-refractivity contribution in [3.63, 3.8) is 0 Å². The molecule has 0 radical (unpaired) electrons. The summed E-state index contributed by atoms with van der Waals surface area (Å²) >= 11 is 0. The van der Waals surface area contributed by atoms with E-state index in [1.54, 1.807) is 35.9 Å². The average Bonchev–Trinajstić information content (AvgIpc) is 3.41. The molecule has 6 N–H and O–H groups in total. The van der Waals surface area contributed by atoms with Crippen molar-refractivity contribution in [1.29, 1.82) is 0 Å². The Bertz CT molecular complexity index is 1670. The quantitative estimate of drug-likeness (QED) is 0.0782. The number of alkyl halides is 3. The number of hydrogen-bond donors (Lipinski definition) is 4. The summed E-state index contributed by atoms with van der Waals surface area (Å²) in [6.07, 6.45) is 2.07. The molecule has 0 bridgehead atoms. The van der Waals surface area contributed by atoms with Gasteiger partial charge in [0.1, 0.15) is 5.71 Å². The number of carbonyl (C=O) groups excluding carboxylic acids is 1. The van der Waals surface area contributed by atoms with Gasteiger partial charge >= 0.3 is 6.18 Å². The Kier molecular flexibility index (Phi) is 10.8. The Morgan fingerprint density at radius 3 is 2.66 bits per heavy atom. The van der Waals surface area contributed by atoms with Gasteiger partial charge in [0.2, 0.25) is 5.78 Å². The highest BCUT2D eigenvalue weighted by molar-refractivity contribution is 6.29. The maximum atomic E-state index is 14.1. The van der Waals surface area contributed by atoms with Crippen LogP contribution in [0.3, 0.4) is 0 Å². The van der Waals surface area contributed by atoms with E-state index < -0.39 is 23.2 Å². The Hall–Kier alpha value is -4.66. The van der Waals surface area contributed by atoms with Gasteiger partial charge < -0.3 is 26.4 Å². The van der Waals surface area contributed by atoms with Crippen molar-refractivity contribution in [2.75, 3.05) is 38.3 Å². The number of amides is 1. The second-order valence-electron chi connectivity index (χ2n) is 9.93. The van der Waals surface area contributed by atoms with E-state index in [0.717, 1.165) is 17.7 Å². The van der Waals surface area contributed by atoms with Crippen molar-refractivity contribution >= 4 is 29.3 Å². The fraction of sp³-hybridized carbons (Fsp3) is 0.300. The number of anilines is 1. The number of ether oxygens (including phenoxy) is 2. The number of hydrogen-bond acceptors (Lipinski definition) is 8. The molecule has 0 aliphatic rings. The van der Waals surface area contributed by atoms with Gasteiger partial charge in [-0.05, 0) is 43.2 Å². The first-order valence-electron chi connectivity index (χ1n) is 13.7. The minimum absolute atomic E-state index is 0.0260. The van der Waals surface area contributed by atoms with E-state index in [4.69, 9.17) is 21.1 Å². The molecule has 0 unspecified atom stereocenters. The highest BCUT2D eigenvalue weighted by Gasteiger charge is 2.35. The van der Waals surface area contributed by atoms with Gasteiger partial charge in [0.05, 0.1) is 43.2 Å². The molecule has 232 valence electrons. The van der Waals surface area contributed by atoms with E-state index in [-0.39, 0.29) is 13.2 Å². The second-order valence-corrected chi connectivity index (χ2v) is 9.93. The number of aromatic nitrogens is 3. The van der Waals surface area contributed by atoms with Crippen LogP contribution in [0.2, 0.25) is 0 Å². The largest absolute Gasteiger partial charge is 0.417 e. The van der Waals surface area contributed by atoms with Gasteiger partial charge in [-0.15, -0.1) is 0 Å². The van der Waals surface area contributed by atoms with E-state index in [1.807, 2.05) is 19.2 Å². The summed E-state index contributed by atoms with van der Waals surface area (Å²) in [5.74, 6) is 4.99. The summed E-state index contributed by atoms with van der Waals surface area (Å²) in [6, 6.07) is 8.82. The number of halogens is 3. The summed E-state index contributed by atoms with van der Waals surface area (Å²) in [4.78, 5) is 24.9. The zero-order chi connectivity index (χ0) is 31.7. The zero-order valence-corrected chi connectivity index (χ0v) is 24.3. The first-order chi connectivity index (χ1) is 21.1. The van der Waals surface area contributed by atoms with Crippen LogP contribution in [0.5, 0.6) is 0 Å². The fourth-order valence-electron chi connectivity index (χ4n) is 4.25. The molecule has 0 saturated carbocycles. The molecule has 0 aliphatic carbocycles. The lowest BCUT2D eigenvalue weighted by Crippen LogP contribution is -2.68. The van der Waals surface area contributed by atoms with Crippen LogP contribution in [-0.4, -0.2) is 65.2 Å². The molecule has 14 heteroatoms. The normalized spacial score (nSPS) is 12.4. The second kappa shape index (κ2) is 14.7. The highest BCUT2D eigenvalue weighted by Crippen LogP contribution is 2.33. The van der Waals surface area contributed by atoms with Crippen LogP contribution >= 0.6 is 0 Å². The van der Waals surface area contributed by atoms with Crippen molar-refractivity contribution < 1.29 is 32.4 Å². The number of nitrogens with two attached hydrogens (primary N) is 2. The van der Waals surface area contributed by atoms with Gasteiger partial charge in [-0.1, -0.05) is 18.2 Å². The van der Waals surface area contributed by atoms with Gasteiger partial charge in [-0.3, -0.25) is 9.20 Å². The molecule has 11 nitrogen and oxygen atoms in total. The van der Waals surface area contributed by atoms with Gasteiger partial charge in [0.15, 0.2) is 12.8 Å². The van der Waals surface area contributed by atoms with E-state index in [2.05, 4.69) is 25.4 Å². The van der Waals surface area contributed by atoms with Crippen molar-refractivity contribution in [2.24, 2.45) is 16.7 Å². The van der Waals surface area contributed by atoms with Crippen LogP contribution in [0.4, 0.5) is 18.9 Å². The summed E-state index contributed by atoms with van der Waals surface area (Å²) in [6.45, 7) is 5.25. The number of aryl methyl sites for hydroxylation is 2. The Morgan fingerprint density at radius 2 is 1.91 bits per heavy atom. The molecule has 4 rings (SSSR count). The Balaban J connectivity index is 1.47. The third-order valence-corrected chi connectivity index (χ3v) is 6.48. The molecular formula is C30H34F3N8O3+. The number of nitrogens with one attached hydrogen (secondary N) is 2. The van der Waals surface area contributed by atoms with Gasteiger partial charge in [0.25, 0.3) is 5.91 Å². The van der Waals surface area contributed by atoms with Crippen molar-refractivity contribution in [3.8, 4) is 11.3 Å². The zero-order valence-electron chi connectivity index (χ0n) is 24.3. The molecule has 1 amide bonds. The Morgan fingerprint density at radius 1 is 1.11 bits per heavy atom. The van der Waals surface area contributed by atoms with Crippen molar-refractivity contribution in [2.45, 2.75) is 26.6 Å². The summed E-state index contributed by atoms with van der Waals surface area (Å²) in [5, 5.41) is 6.25. The van der Waals surface area contributed by atoms with Crippen LogP contribution in [0.1, 0.15) is 32.6 Å². The molecule has 2 aromatic heterocycles. The van der Waals surface area contributed by atoms with Crippen molar-refractivity contribution in [3.05, 3.63) is 82.8 Å². The number of carbonyl (C=O) groups is 1. The first-order valence-corrected chi connectivity index (χ1v) is 13.7. The monoisotopic (exact) mass is 611 g/mol. The van der Waals surface area contributed by atoms with Crippen LogP contribution in [0.25, 0.3) is 17.0 Å². The maximum Gasteiger partial charge on any atom is 0.417 e. The van der Waals surface area contributed by atoms with Crippen molar-refractivity contribution in [1.82, 2.24) is 14.4 Å². The van der Waals surface area contributed by atoms with E-state index >= 15 is 0 Å². The molecule has 0 saturated heterocycles. The van der Waals surface area contributed by atoms with E-state index in [9.17, 15) is 18.0 Å². The lowest BCUT2D eigenvalue weighted by molar-refractivity contribution is -0.468. The molecule has 0 aliphatic heterocycles. The predicted octanol–water partition coefficient (Wildman–Crippen LogP) is 2.24. The maximum absolute atomic E-state index is 14.1. The highest BCUT2D eigenvalue weighted by atomic mass is 19.4. The molecule has 2 heterocycles. The lowest BCUT2D eigenvalue weighted by Gasteiger charge is -2.15. The summed E-state index contributed by atoms with van der Waals surface area (Å²) in [7, 11) is 0. The van der Waals surface area contributed by atoms with E-state index in [0.29, 0.717) is 65.9 Å². The average molecular weight is 612 g/mol. The number of fused-ring (bicyclic) bond motifs is 1. The molecule has 2 aromatic carbocycles. The molecule has 4 aromatic rings. The van der Waals surface area contributed by atoms with Gasteiger partial charge in [0, 0.05) is 41.9 Å². The third-order valence-electron chi connectivity index (χ3n) is 6.48. The van der Waals surface area contributed by atoms with Gasteiger partial charge in [-0.25, -0.2) is 15.0 Å². The molecule has 44 heavy (non-hydrogen) atoms. The molecular weight excluding hydrogens is 577 g/mol. The minimum atomic E-state index is -4.77. The topological polar surface area (TPSA) is 156 Å². The van der Waals surface area contributed by atoms with Crippen LogP contribution < -0.4 is 21.9 Å². The number of hydrazone groups is 1. The SMILES string of the molecule is Cc1cnc2nc(-c3ccc(C)c(NC(=O)c4ccc(C[NH+]=C/C(COCCOCCN)=N\N)cc4C(F)(F)F)c3)cn2c1. The van der Waals surface area contributed by atoms with Crippen LogP contribution in [-0.2, 0) is 22.2 Å². The molecule has 0 atom stereocenters. The standard InChI is InChI=1S/C30H33F3N8O3/c1-19-13-37-29-39-27(17-41(29)16-19)22-5-3-20(2)26(12-22)38-28(42)24-6-4-21(11-25(24)30(31,32)33)14-36-15-23(40-35)18-44-10-9-43-8-7-34/h3-6,11-13,15-17H,7-10,14,18,34-35H2,1-2H3,(H,38,42)/p+1/b36-15?,40-23+. The summed E-state index contributed by atoms with van der Waals surface area (Å²) < 4.78 is 54.6. The third kappa shape index (κ3) is 8.46. The van der Waals surface area contributed by atoms with E-state index in [1.165, 1.54) is 12.3 Å². The lowest BCUT2D eigenvalue weighted by atomic mass is 10.0. The van der Waals surface area contributed by atoms with Crippen LogP contribution in [0, 0.1) is 13.8 Å². The smallest absolute Gasteiger partial charge is 0.378 e. The number of rotatable bonds is 13. The molecule has 0 spiro atoms. The number of benzene rings is 2. The predicted molar refractivity (Wildman–Crippen MR) is 160 cm³/mol.